The van der Waals surface area contributed by atoms with Crippen molar-refractivity contribution < 1.29 is 0 Å². The smallest absolute Gasteiger partial charge is 0.0354 e. The average Bonchev–Trinajstić information content (AvgIpc) is 2.03. The van der Waals surface area contributed by atoms with Crippen LogP contribution in [0, 0.1) is 17.3 Å². The highest BCUT2D eigenvalue weighted by Gasteiger charge is 2.28. The van der Waals surface area contributed by atoms with Crippen LogP contribution in [0.5, 0.6) is 0 Å². The van der Waals surface area contributed by atoms with Gasteiger partial charge in [0.2, 0.25) is 0 Å². The summed E-state index contributed by atoms with van der Waals surface area (Å²) in [4.78, 5) is 0. The van der Waals surface area contributed by atoms with Crippen molar-refractivity contribution in [2.24, 2.45) is 17.3 Å². The van der Waals surface area contributed by atoms with Crippen molar-refractivity contribution in [2.75, 3.05) is 0 Å². The van der Waals surface area contributed by atoms with Crippen LogP contribution in [0.1, 0.15) is 59.8 Å². The fourth-order valence-corrected chi connectivity index (χ4v) is 2.32. The zero-order chi connectivity index (χ0) is 9.19. The van der Waals surface area contributed by atoms with Gasteiger partial charge in [0.05, 0.1) is 0 Å². The monoisotopic (exact) mass is 168 g/mol. The normalized spacial score (nSPS) is 27.0. The molecule has 12 heavy (non-hydrogen) atoms. The molecule has 0 aromatic rings. The van der Waals surface area contributed by atoms with Gasteiger partial charge in [0.1, 0.15) is 0 Å². The minimum Gasteiger partial charge on any atom is -0.0651 e. The van der Waals surface area contributed by atoms with Crippen LogP contribution in [0.3, 0.4) is 0 Å². The molecule has 0 saturated heterocycles. The minimum absolute atomic E-state index is 0.643. The molecule has 0 heteroatoms. The van der Waals surface area contributed by atoms with Crippen LogP contribution in [0.25, 0.3) is 0 Å². The summed E-state index contributed by atoms with van der Waals surface area (Å²) in [5, 5.41) is 0. The Labute approximate surface area is 77.7 Å². The first-order chi connectivity index (χ1) is 5.55. The van der Waals surface area contributed by atoms with Crippen molar-refractivity contribution in [3.8, 4) is 0 Å². The molecule has 72 valence electrons. The van der Waals surface area contributed by atoms with Gasteiger partial charge in [-0.05, 0) is 42.9 Å². The van der Waals surface area contributed by atoms with Gasteiger partial charge < -0.3 is 0 Å². The molecule has 0 spiro atoms. The van der Waals surface area contributed by atoms with Crippen LogP contribution in [-0.2, 0) is 0 Å². The average molecular weight is 168 g/mol. The Morgan fingerprint density at radius 2 is 1.75 bits per heavy atom. The van der Waals surface area contributed by atoms with Crippen LogP contribution >= 0.6 is 0 Å². The second-order valence-corrected chi connectivity index (χ2v) is 5.39. The van der Waals surface area contributed by atoms with Crippen LogP contribution in [0.2, 0.25) is 0 Å². The molecule has 1 rings (SSSR count). The van der Waals surface area contributed by atoms with Crippen molar-refractivity contribution in [2.45, 2.75) is 59.8 Å². The quantitative estimate of drug-likeness (QED) is 0.578. The molecule has 0 unspecified atom stereocenters. The molecule has 0 bridgehead atoms. The van der Waals surface area contributed by atoms with E-state index in [4.69, 9.17) is 0 Å². The van der Waals surface area contributed by atoms with E-state index in [1.807, 2.05) is 0 Å². The fraction of sp³-hybridized carbons (Fsp3) is 1.00. The van der Waals surface area contributed by atoms with E-state index in [1.54, 1.807) is 0 Å². The molecule has 0 radical (unpaired) electrons. The Balaban J connectivity index is 2.36. The Kier molecular flexibility index (Phi) is 3.20. The lowest BCUT2D eigenvalue weighted by molar-refractivity contribution is 0.153. The number of hydrogen-bond donors (Lipinski definition) is 0. The highest BCUT2D eigenvalue weighted by atomic mass is 14.3. The first-order valence-corrected chi connectivity index (χ1v) is 5.55. The van der Waals surface area contributed by atoms with Crippen LogP contribution in [0.15, 0.2) is 0 Å². The van der Waals surface area contributed by atoms with Crippen LogP contribution < -0.4 is 0 Å². The molecule has 0 aromatic carbocycles. The summed E-state index contributed by atoms with van der Waals surface area (Å²) in [5.74, 6) is 1.99. The van der Waals surface area contributed by atoms with E-state index in [9.17, 15) is 0 Å². The van der Waals surface area contributed by atoms with E-state index in [0.29, 0.717) is 5.41 Å². The van der Waals surface area contributed by atoms with Gasteiger partial charge in [0.25, 0.3) is 0 Å². The molecule has 0 aromatic heterocycles. The molecule has 1 atom stereocenters. The fourth-order valence-electron chi connectivity index (χ4n) is 2.32. The third-order valence-electron chi connectivity index (χ3n) is 3.83. The molecule has 1 aliphatic rings. The van der Waals surface area contributed by atoms with Crippen molar-refractivity contribution in [1.29, 1.82) is 0 Å². The zero-order valence-corrected chi connectivity index (χ0v) is 9.19. The summed E-state index contributed by atoms with van der Waals surface area (Å²) in [7, 11) is 0. The Bertz CT molecular complexity index is 125. The van der Waals surface area contributed by atoms with Gasteiger partial charge in [-0.1, -0.05) is 34.1 Å². The standard InChI is InChI=1S/C12H24/c1-5-10(2)11-6-8-12(3,4)9-7-11/h10-11H,5-9H2,1-4H3/t10-/m0/s1. The van der Waals surface area contributed by atoms with Crippen molar-refractivity contribution in [3.63, 3.8) is 0 Å². The van der Waals surface area contributed by atoms with E-state index in [-0.39, 0.29) is 0 Å². The first kappa shape index (κ1) is 10.1. The lowest BCUT2D eigenvalue weighted by Gasteiger charge is -2.36. The third-order valence-corrected chi connectivity index (χ3v) is 3.83. The van der Waals surface area contributed by atoms with E-state index in [1.165, 1.54) is 32.1 Å². The van der Waals surface area contributed by atoms with Gasteiger partial charge in [0.15, 0.2) is 0 Å². The molecule has 0 heterocycles. The molecular weight excluding hydrogens is 144 g/mol. The molecule has 0 aliphatic heterocycles. The Morgan fingerprint density at radius 3 is 2.17 bits per heavy atom. The lowest BCUT2D eigenvalue weighted by atomic mass is 9.69. The van der Waals surface area contributed by atoms with Gasteiger partial charge in [0, 0.05) is 0 Å². The molecule has 1 aliphatic carbocycles. The third kappa shape index (κ3) is 2.50. The highest BCUT2D eigenvalue weighted by molar-refractivity contribution is 4.80. The number of rotatable bonds is 2. The molecule has 0 nitrogen and oxygen atoms in total. The second-order valence-electron chi connectivity index (χ2n) is 5.39. The summed E-state index contributed by atoms with van der Waals surface area (Å²) in [6, 6.07) is 0. The predicted molar refractivity (Wildman–Crippen MR) is 55.2 cm³/mol. The summed E-state index contributed by atoms with van der Waals surface area (Å²) in [6.07, 6.45) is 7.21. The maximum Gasteiger partial charge on any atom is -0.0354 e. The highest BCUT2D eigenvalue weighted by Crippen LogP contribution is 2.41. The van der Waals surface area contributed by atoms with Crippen LogP contribution in [-0.4, -0.2) is 0 Å². The van der Waals surface area contributed by atoms with Crippen LogP contribution in [0.4, 0.5) is 0 Å². The van der Waals surface area contributed by atoms with E-state index >= 15 is 0 Å². The summed E-state index contributed by atoms with van der Waals surface area (Å²) < 4.78 is 0. The molecule has 0 N–H and O–H groups in total. The Hall–Kier alpha value is 0. The van der Waals surface area contributed by atoms with Crippen molar-refractivity contribution >= 4 is 0 Å². The largest absolute Gasteiger partial charge is 0.0651 e. The molecule has 0 amide bonds. The zero-order valence-electron chi connectivity index (χ0n) is 9.19. The SMILES string of the molecule is CC[C@H](C)C1CCC(C)(C)CC1. The van der Waals surface area contributed by atoms with Gasteiger partial charge in [-0.25, -0.2) is 0 Å². The van der Waals surface area contributed by atoms with Gasteiger partial charge in [-0.3, -0.25) is 0 Å². The van der Waals surface area contributed by atoms with Crippen molar-refractivity contribution in [1.82, 2.24) is 0 Å². The Morgan fingerprint density at radius 1 is 1.25 bits per heavy atom. The lowest BCUT2D eigenvalue weighted by Crippen LogP contribution is -2.24. The maximum absolute atomic E-state index is 2.42. The van der Waals surface area contributed by atoms with E-state index < -0.39 is 0 Å². The maximum atomic E-state index is 2.42. The van der Waals surface area contributed by atoms with Gasteiger partial charge >= 0.3 is 0 Å². The summed E-state index contributed by atoms with van der Waals surface area (Å²) in [6.45, 7) is 9.58. The van der Waals surface area contributed by atoms with Gasteiger partial charge in [-0.2, -0.15) is 0 Å². The molecule has 1 fully saturated rings. The van der Waals surface area contributed by atoms with Crippen molar-refractivity contribution in [3.05, 3.63) is 0 Å². The minimum atomic E-state index is 0.643. The summed E-state index contributed by atoms with van der Waals surface area (Å²) in [5.41, 5.74) is 0.643. The van der Waals surface area contributed by atoms with E-state index in [2.05, 4.69) is 27.7 Å². The molecular formula is C12H24. The second kappa shape index (κ2) is 3.81. The summed E-state index contributed by atoms with van der Waals surface area (Å²) >= 11 is 0. The van der Waals surface area contributed by atoms with Gasteiger partial charge in [-0.15, -0.1) is 0 Å². The molecule has 1 saturated carbocycles. The predicted octanol–water partition coefficient (Wildman–Crippen LogP) is 4.25. The topological polar surface area (TPSA) is 0 Å². The van der Waals surface area contributed by atoms with E-state index in [0.717, 1.165) is 11.8 Å². The number of hydrogen-bond acceptors (Lipinski definition) is 0. The first-order valence-electron chi connectivity index (χ1n) is 5.55.